The molecule has 3 aromatic heterocycles. The summed E-state index contributed by atoms with van der Waals surface area (Å²) in [6, 6.07) is -1.38. The van der Waals surface area contributed by atoms with Gasteiger partial charge in [-0.25, -0.2) is 32.6 Å². The number of fused-ring (bicyclic) bond motifs is 5. The number of nitrogens with zero attached hydrogens (tertiary/aromatic N) is 4. The van der Waals surface area contributed by atoms with Crippen molar-refractivity contribution in [2.24, 2.45) is 11.7 Å². The molecule has 7 rings (SSSR count). The molecule has 2 aliphatic heterocycles. The van der Waals surface area contributed by atoms with Gasteiger partial charge in [-0.3, -0.25) is 38.4 Å². The van der Waals surface area contributed by atoms with Crippen LogP contribution in [0.2, 0.25) is 0 Å². The molecule has 0 bridgehead atoms. The molecule has 0 spiro atoms. The third-order valence-electron chi connectivity index (χ3n) is 17.8. The van der Waals surface area contributed by atoms with E-state index in [0.717, 1.165) is 6.26 Å². The number of hydrogen-bond acceptors (Lipinski definition) is 25. The maximum absolute atomic E-state index is 15.5. The van der Waals surface area contributed by atoms with Crippen LogP contribution in [0.4, 0.5) is 4.39 Å². The van der Waals surface area contributed by atoms with Gasteiger partial charge in [0.2, 0.25) is 56.3 Å². The Balaban J connectivity index is 0.855. The van der Waals surface area contributed by atoms with Crippen LogP contribution in [0.5, 0.6) is 0 Å². The van der Waals surface area contributed by atoms with Gasteiger partial charge >= 0.3 is 5.97 Å². The molecular weight excluding hydrogens is 1420 g/mol. The van der Waals surface area contributed by atoms with Gasteiger partial charge in [0.25, 0.3) is 5.56 Å². The molecule has 33 nitrogen and oxygen atoms in total. The number of nitrogens with one attached hydrogen (secondary N) is 7. The van der Waals surface area contributed by atoms with Crippen LogP contribution in [0.1, 0.15) is 137 Å². The minimum Gasteiger partial charge on any atom is -0.458 e. The number of pyridine rings is 2. The summed E-state index contributed by atoms with van der Waals surface area (Å²) in [5.41, 5.74) is 7.09. The van der Waals surface area contributed by atoms with E-state index in [-0.39, 0.29) is 107 Å². The highest BCUT2D eigenvalue weighted by Crippen LogP contribution is 2.46. The SMILES string of the molecule is CCOCCOCCOCCOCCOCCOCCOCCNC(=O)[C@H](CCC(=O)N[C@H](C(=O)N[C@@H](CCCCN)C(=O)NCC(=O)NCOCC(=O)N[C@H]1CCc2c(C)c(F)cc3nc4c(c1c23)Cn1c-4cc2c(c1=O)COC(=O)[C@]2(O)CC)C(C)C)NC(=O)CCCC#Cc1cnc(S(C)(=O)=O)nc1. The zero-order valence-electron chi connectivity index (χ0n) is 61.6. The van der Waals surface area contributed by atoms with Gasteiger partial charge in [-0.05, 0) is 100 Å². The number of benzene rings is 1. The van der Waals surface area contributed by atoms with Crippen molar-refractivity contribution in [1.82, 2.24) is 56.7 Å². The van der Waals surface area contributed by atoms with Gasteiger partial charge in [0.15, 0.2) is 5.60 Å². The van der Waals surface area contributed by atoms with Crippen molar-refractivity contribution >= 4 is 68.1 Å². The summed E-state index contributed by atoms with van der Waals surface area (Å²) in [7, 11) is -3.61. The second-order valence-electron chi connectivity index (χ2n) is 25.9. The number of aromatic nitrogens is 4. The molecule has 3 aliphatic rings. The number of nitrogens with two attached hydrogens (primary N) is 1. The standard InChI is InChI=1S/C72H101FN12O21S/c1-7-72(95)51-36-57-65-49(41-85(57)69(93)50(51)42-106-70(72)94)63-53(18-17-48-46(5)52(73)37-56(82-65)62(48)63)80-61(89)43-105-44-79-60(88)40-76-67(91)54(15-12-13-21-74)83-68(92)64(45(3)4)84-59(87)20-19-55(81-58(86)16-11-9-10-14-47-38-77-71(78-39-47)107(6,96)97)66(90)75-22-23-99-26-27-101-30-31-103-34-35-104-33-32-102-29-28-100-25-24-98-8-2/h36-39,45,53-55,64,95H,7-9,11-13,15-35,40-44,74H2,1-6H3,(H,75,90)(H,76,91)(H,79,88)(H,80,89)(H,81,86)(H,83,92)(H,84,87)/t53-,54-,55-,64-,72-/m0/s1. The topological polar surface area (TPSA) is 445 Å². The number of esters is 1. The molecule has 4 aromatic rings. The number of sulfone groups is 1. The number of hydrogen-bond donors (Lipinski definition) is 9. The first-order chi connectivity index (χ1) is 51.4. The van der Waals surface area contributed by atoms with Crippen LogP contribution < -0.4 is 48.5 Å². The van der Waals surface area contributed by atoms with Crippen molar-refractivity contribution in [3.8, 4) is 23.2 Å². The Morgan fingerprint density at radius 1 is 0.738 bits per heavy atom. The van der Waals surface area contributed by atoms with Gasteiger partial charge in [-0.15, -0.1) is 0 Å². The first-order valence-electron chi connectivity index (χ1n) is 36.1. The number of ether oxygens (including phenoxy) is 9. The zero-order valence-corrected chi connectivity index (χ0v) is 62.4. The van der Waals surface area contributed by atoms with Crippen molar-refractivity contribution in [2.45, 2.75) is 153 Å². The summed E-state index contributed by atoms with van der Waals surface area (Å²) >= 11 is 0. The van der Waals surface area contributed by atoms with E-state index in [1.54, 1.807) is 33.8 Å². The fraction of sp³-hybridized carbons (Fsp3) is 0.611. The molecule has 10 N–H and O–H groups in total. The quantitative estimate of drug-likeness (QED) is 0.00843. The van der Waals surface area contributed by atoms with Crippen LogP contribution in [0, 0.1) is 30.5 Å². The predicted molar refractivity (Wildman–Crippen MR) is 383 cm³/mol. The predicted octanol–water partition coefficient (Wildman–Crippen LogP) is 0.525. The summed E-state index contributed by atoms with van der Waals surface area (Å²) < 4.78 is 89.5. The molecule has 7 amide bonds. The molecule has 107 heavy (non-hydrogen) atoms. The van der Waals surface area contributed by atoms with Crippen molar-refractivity contribution < 1.29 is 98.9 Å². The lowest BCUT2D eigenvalue weighted by molar-refractivity contribution is -0.172. The Labute approximate surface area is 620 Å². The lowest BCUT2D eigenvalue weighted by atomic mass is 9.81. The Morgan fingerprint density at radius 3 is 1.97 bits per heavy atom. The van der Waals surface area contributed by atoms with E-state index >= 15 is 4.39 Å². The summed E-state index contributed by atoms with van der Waals surface area (Å²) in [4.78, 5) is 134. The van der Waals surface area contributed by atoms with Crippen LogP contribution in [-0.2, 0) is 116 Å². The molecule has 1 aliphatic carbocycles. The number of rotatable bonds is 48. The Morgan fingerprint density at radius 2 is 1.36 bits per heavy atom. The Kier molecular flexibility index (Phi) is 34.8. The van der Waals surface area contributed by atoms with Gasteiger partial charge in [-0.2, -0.15) is 0 Å². The van der Waals surface area contributed by atoms with Gasteiger partial charge in [0, 0.05) is 73.6 Å². The molecule has 0 radical (unpaired) electrons. The van der Waals surface area contributed by atoms with Crippen LogP contribution >= 0.6 is 0 Å². The van der Waals surface area contributed by atoms with E-state index in [4.69, 9.17) is 53.3 Å². The Bertz CT molecular complexity index is 3970. The number of amides is 7. The molecule has 0 unspecified atom stereocenters. The molecule has 0 saturated heterocycles. The van der Waals surface area contributed by atoms with E-state index in [1.165, 1.54) is 23.0 Å². The number of cyclic esters (lactones) is 1. The number of aliphatic hydroxyl groups is 1. The smallest absolute Gasteiger partial charge is 0.343 e. The highest BCUT2D eigenvalue weighted by molar-refractivity contribution is 7.90. The lowest BCUT2D eigenvalue weighted by Crippen LogP contribution is -2.56. The number of unbranched alkanes of at least 4 members (excludes halogenated alkanes) is 2. The van der Waals surface area contributed by atoms with Crippen molar-refractivity contribution in [2.75, 3.05) is 132 Å². The summed E-state index contributed by atoms with van der Waals surface area (Å²) in [6.07, 6.45) is 5.11. The summed E-state index contributed by atoms with van der Waals surface area (Å²) in [5, 5.41) is 30.5. The molecule has 588 valence electrons. The molecule has 5 atom stereocenters. The maximum atomic E-state index is 15.5. The maximum Gasteiger partial charge on any atom is 0.343 e. The highest BCUT2D eigenvalue weighted by Gasteiger charge is 2.46. The third-order valence-corrected chi connectivity index (χ3v) is 18.7. The number of carbonyl (C=O) groups is 8. The van der Waals surface area contributed by atoms with Crippen molar-refractivity contribution in [1.29, 1.82) is 0 Å². The molecular formula is C72H101FN12O21S. The van der Waals surface area contributed by atoms with E-state index in [1.807, 2.05) is 6.92 Å². The fourth-order valence-corrected chi connectivity index (χ4v) is 12.6. The van der Waals surface area contributed by atoms with Crippen LogP contribution in [-0.4, -0.2) is 230 Å². The number of carbonyl (C=O) groups excluding carboxylic acids is 8. The molecule has 0 fully saturated rings. The number of halogens is 1. The van der Waals surface area contributed by atoms with E-state index in [9.17, 15) is 56.7 Å². The Hall–Kier alpha value is -8.54. The molecule has 5 heterocycles. The molecule has 35 heteroatoms. The lowest BCUT2D eigenvalue weighted by Gasteiger charge is -2.31. The summed E-state index contributed by atoms with van der Waals surface area (Å²) in [6.45, 7) is 12.5. The van der Waals surface area contributed by atoms with Gasteiger partial charge in [0.1, 0.15) is 43.9 Å². The number of aryl methyl sites for hydroxylation is 1. The van der Waals surface area contributed by atoms with E-state index in [0.29, 0.717) is 148 Å². The summed E-state index contributed by atoms with van der Waals surface area (Å²) in [5.74, 6) is -0.685. The third kappa shape index (κ3) is 25.5. The molecule has 1 aromatic carbocycles. The zero-order chi connectivity index (χ0) is 77.5. The normalized spacial score (nSPS) is 15.7. The highest BCUT2D eigenvalue weighted by atomic mass is 32.2. The van der Waals surface area contributed by atoms with Crippen LogP contribution in [0.25, 0.3) is 22.3 Å². The second kappa shape index (κ2) is 43.5. The van der Waals surface area contributed by atoms with Gasteiger partial charge in [0.05, 0.1) is 133 Å². The minimum atomic E-state index is -3.61. The van der Waals surface area contributed by atoms with Crippen molar-refractivity contribution in [3.63, 3.8) is 0 Å². The largest absolute Gasteiger partial charge is 0.458 e. The average Bonchev–Trinajstić information content (AvgIpc) is 1.59. The first kappa shape index (κ1) is 85.7. The minimum absolute atomic E-state index is 0.0292. The first-order valence-corrected chi connectivity index (χ1v) is 37.9. The van der Waals surface area contributed by atoms with Crippen LogP contribution in [0.3, 0.4) is 0 Å². The molecule has 0 saturated carbocycles. The van der Waals surface area contributed by atoms with Gasteiger partial charge < -0.3 is 95.3 Å². The van der Waals surface area contributed by atoms with E-state index < -0.39 is 124 Å². The van der Waals surface area contributed by atoms with E-state index in [2.05, 4.69) is 59.0 Å². The monoisotopic (exact) mass is 1520 g/mol. The second-order valence-corrected chi connectivity index (χ2v) is 27.8. The average molecular weight is 1520 g/mol. The van der Waals surface area contributed by atoms with Crippen molar-refractivity contribution in [3.05, 3.63) is 79.6 Å². The van der Waals surface area contributed by atoms with Gasteiger partial charge in [-0.1, -0.05) is 32.6 Å². The fourth-order valence-electron chi connectivity index (χ4n) is 12.1. The van der Waals surface area contributed by atoms with Crippen LogP contribution in [0.15, 0.2) is 34.5 Å².